The summed E-state index contributed by atoms with van der Waals surface area (Å²) < 4.78 is 42.3. The minimum atomic E-state index is -0.630. The average Bonchev–Trinajstić information content (AvgIpc) is 3.83. The van der Waals surface area contributed by atoms with Crippen molar-refractivity contribution in [1.82, 2.24) is 44.7 Å². The summed E-state index contributed by atoms with van der Waals surface area (Å²) in [6.07, 6.45) is 8.79. The van der Waals surface area contributed by atoms with E-state index in [1.165, 1.54) is 30.6 Å². The van der Waals surface area contributed by atoms with Gasteiger partial charge in [-0.2, -0.15) is 20.1 Å². The Labute approximate surface area is 371 Å². The van der Waals surface area contributed by atoms with Crippen LogP contribution in [-0.2, 0) is 13.1 Å². The monoisotopic (exact) mass is 865 g/mol. The summed E-state index contributed by atoms with van der Waals surface area (Å²) >= 11 is 0. The third-order valence-electron chi connectivity index (χ3n) is 11.9. The van der Waals surface area contributed by atoms with Gasteiger partial charge in [0.05, 0.1) is 29.8 Å². The van der Waals surface area contributed by atoms with Crippen LogP contribution in [0.2, 0.25) is 0 Å². The number of furan rings is 1. The molecular weight excluding hydrogens is 825 g/mol. The maximum atomic E-state index is 14.0. The Bertz CT molecular complexity index is 3300. The number of aryl methyl sites for hydroxylation is 2. The summed E-state index contributed by atoms with van der Waals surface area (Å²) in [4.78, 5) is 18.9. The fraction of sp³-hybridized carbons (Fsp3) is 0.176. The first-order valence-electron chi connectivity index (χ1n) is 21.6. The smallest absolute Gasteiger partial charge is 0.230 e. The third-order valence-corrected chi connectivity index (χ3v) is 11.9. The van der Waals surface area contributed by atoms with Gasteiger partial charge in [0.2, 0.25) is 5.71 Å². The van der Waals surface area contributed by atoms with E-state index < -0.39 is 5.60 Å². The Morgan fingerprint density at radius 2 is 1.42 bits per heavy atom. The van der Waals surface area contributed by atoms with Crippen LogP contribution in [0, 0.1) is 11.6 Å². The summed E-state index contributed by atoms with van der Waals surface area (Å²) in [6, 6.07) is 36.3. The van der Waals surface area contributed by atoms with Crippen LogP contribution in [-0.4, -0.2) is 62.0 Å². The van der Waals surface area contributed by atoms with Gasteiger partial charge >= 0.3 is 0 Å². The number of hydrogen-bond donors (Lipinski definition) is 2. The van der Waals surface area contributed by atoms with Gasteiger partial charge in [0.15, 0.2) is 0 Å². The molecule has 0 spiro atoms. The predicted molar refractivity (Wildman–Crippen MR) is 243 cm³/mol. The molecular formula is C51H41F2N9O3. The van der Waals surface area contributed by atoms with Crippen LogP contribution >= 0.6 is 0 Å². The molecule has 0 radical (unpaired) electrons. The first-order valence-corrected chi connectivity index (χ1v) is 21.6. The number of aliphatic hydroxyl groups is 1. The van der Waals surface area contributed by atoms with Crippen molar-refractivity contribution in [2.45, 2.75) is 50.8 Å². The second kappa shape index (κ2) is 16.7. The van der Waals surface area contributed by atoms with Crippen molar-refractivity contribution in [3.05, 3.63) is 152 Å². The van der Waals surface area contributed by atoms with Crippen LogP contribution in [0.5, 0.6) is 5.75 Å². The highest BCUT2D eigenvalue weighted by atomic mass is 19.1. The van der Waals surface area contributed by atoms with Gasteiger partial charge in [-0.3, -0.25) is 4.68 Å². The zero-order valence-electron chi connectivity index (χ0n) is 35.0. The van der Waals surface area contributed by atoms with E-state index >= 15 is 0 Å². The molecule has 0 amide bonds. The fourth-order valence-corrected chi connectivity index (χ4v) is 8.18. The second-order valence-corrected chi connectivity index (χ2v) is 16.4. The average molecular weight is 866 g/mol. The van der Waals surface area contributed by atoms with E-state index in [-0.39, 0.29) is 11.6 Å². The van der Waals surface area contributed by atoms with E-state index in [9.17, 15) is 13.9 Å². The summed E-state index contributed by atoms with van der Waals surface area (Å²) in [7, 11) is 0. The SMILES string of the molecule is OC1(CCn2cc(-c3ncnc4oc(-c5cccc(OCCCCn6nc(-c7ccc(F)cc7)c(-c7ccnc8[nH]c(-c9ccccc9)cc78)n6)c5)cc34)c(-c3ccc(F)cc3)n2)CC1. The van der Waals surface area contributed by atoms with Crippen molar-refractivity contribution < 1.29 is 23.0 Å². The highest BCUT2D eigenvalue weighted by molar-refractivity contribution is 5.98. The highest BCUT2D eigenvalue weighted by Gasteiger charge is 2.39. The fourth-order valence-electron chi connectivity index (χ4n) is 8.18. The van der Waals surface area contributed by atoms with Crippen LogP contribution < -0.4 is 4.74 Å². The minimum Gasteiger partial charge on any atom is -0.494 e. The number of unbranched alkanes of at least 4 members (excludes halogenated alkanes) is 1. The Kier molecular flexibility index (Phi) is 10.3. The largest absolute Gasteiger partial charge is 0.494 e. The molecule has 10 aromatic rings. The van der Waals surface area contributed by atoms with Gasteiger partial charge in [0, 0.05) is 57.8 Å². The van der Waals surface area contributed by atoms with Crippen LogP contribution in [0.15, 0.2) is 144 Å². The number of fused-ring (bicyclic) bond motifs is 2. The molecule has 1 aliphatic rings. The highest BCUT2D eigenvalue weighted by Crippen LogP contribution is 2.41. The number of rotatable bonds is 15. The molecule has 4 aromatic carbocycles. The maximum absolute atomic E-state index is 14.0. The number of pyridine rings is 1. The number of nitrogens with one attached hydrogen (secondary N) is 1. The van der Waals surface area contributed by atoms with Crippen LogP contribution in [0.3, 0.4) is 0 Å². The van der Waals surface area contributed by atoms with Crippen molar-refractivity contribution in [2.24, 2.45) is 0 Å². The molecule has 14 heteroatoms. The zero-order chi connectivity index (χ0) is 43.9. The van der Waals surface area contributed by atoms with Crippen LogP contribution in [0.25, 0.3) is 89.7 Å². The molecule has 0 aliphatic heterocycles. The quantitative estimate of drug-likeness (QED) is 0.0962. The molecule has 2 N–H and O–H groups in total. The second-order valence-electron chi connectivity index (χ2n) is 16.4. The molecule has 322 valence electrons. The van der Waals surface area contributed by atoms with Crippen LogP contribution in [0.1, 0.15) is 32.1 Å². The van der Waals surface area contributed by atoms with E-state index in [0.717, 1.165) is 75.8 Å². The summed E-state index contributed by atoms with van der Waals surface area (Å²) in [5, 5.41) is 26.9. The molecule has 1 saturated carbocycles. The van der Waals surface area contributed by atoms with E-state index in [1.807, 2.05) is 77.6 Å². The van der Waals surface area contributed by atoms with Gasteiger partial charge in [0.25, 0.3) is 0 Å². The predicted octanol–water partition coefficient (Wildman–Crippen LogP) is 10.9. The van der Waals surface area contributed by atoms with Crippen molar-refractivity contribution in [3.63, 3.8) is 0 Å². The Hall–Kier alpha value is -7.84. The molecule has 11 rings (SSSR count). The summed E-state index contributed by atoms with van der Waals surface area (Å²) in [5.74, 6) is 0.628. The van der Waals surface area contributed by atoms with Gasteiger partial charge in [-0.15, -0.1) is 0 Å². The first-order chi connectivity index (χ1) is 31.8. The van der Waals surface area contributed by atoms with Crippen molar-refractivity contribution in [1.29, 1.82) is 0 Å². The lowest BCUT2D eigenvalue weighted by atomic mass is 10.0. The number of hydrogen-bond acceptors (Lipinski definition) is 9. The van der Waals surface area contributed by atoms with Crippen molar-refractivity contribution in [2.75, 3.05) is 6.61 Å². The van der Waals surface area contributed by atoms with Gasteiger partial charge in [-0.1, -0.05) is 42.5 Å². The summed E-state index contributed by atoms with van der Waals surface area (Å²) in [6.45, 7) is 1.53. The normalized spacial score (nSPS) is 13.2. The molecule has 1 fully saturated rings. The first kappa shape index (κ1) is 40.0. The summed E-state index contributed by atoms with van der Waals surface area (Å²) in [5.41, 5.74) is 9.08. The zero-order valence-corrected chi connectivity index (χ0v) is 35.0. The van der Waals surface area contributed by atoms with E-state index in [1.54, 1.807) is 35.3 Å². The maximum Gasteiger partial charge on any atom is 0.230 e. The number of ether oxygens (including phenoxy) is 1. The Morgan fingerprint density at radius 3 is 2.20 bits per heavy atom. The Morgan fingerprint density at radius 1 is 0.662 bits per heavy atom. The van der Waals surface area contributed by atoms with E-state index in [0.29, 0.717) is 71.5 Å². The minimum absolute atomic E-state index is 0.321. The standard InChI is InChI=1S/C51H41F2N9O3/c52-36-15-11-33(12-16-36)45-42(30-61(58-45)25-22-51(63)20-21-51)47-41-29-44(65-50(41)56-31-55-47)35-9-6-10-38(27-35)64-26-5-4-24-62-59-46(34-13-17-37(53)18-14-34)48(60-62)39-19-23-54-49-40(39)28-43(57-49)32-7-2-1-3-8-32/h1-3,6-19,23,27-31,63H,4-5,20-22,24-26H2,(H,54,57). The lowest BCUT2D eigenvalue weighted by Crippen LogP contribution is -2.11. The van der Waals surface area contributed by atoms with E-state index in [2.05, 4.69) is 26.0 Å². The molecule has 6 heterocycles. The number of benzene rings is 4. The number of H-pyrrole nitrogens is 1. The van der Waals surface area contributed by atoms with Gasteiger partial charge in [-0.05, 0) is 117 Å². The number of nitrogens with zero attached hydrogens (tertiary/aromatic N) is 8. The molecule has 65 heavy (non-hydrogen) atoms. The molecule has 12 nitrogen and oxygen atoms in total. The molecule has 1 aliphatic carbocycles. The number of halogens is 2. The molecule has 0 bridgehead atoms. The van der Waals surface area contributed by atoms with Crippen molar-refractivity contribution >= 4 is 22.1 Å². The third kappa shape index (κ3) is 8.27. The molecule has 6 aromatic heterocycles. The number of aromatic nitrogens is 9. The van der Waals surface area contributed by atoms with Crippen LogP contribution in [0.4, 0.5) is 8.78 Å². The molecule has 0 unspecified atom stereocenters. The molecule has 0 atom stereocenters. The Balaban J connectivity index is 0.797. The van der Waals surface area contributed by atoms with E-state index in [4.69, 9.17) is 24.5 Å². The lowest BCUT2D eigenvalue weighted by molar-refractivity contribution is 0.133. The van der Waals surface area contributed by atoms with Gasteiger partial charge < -0.3 is 19.2 Å². The molecule has 0 saturated heterocycles. The van der Waals surface area contributed by atoms with Gasteiger partial charge in [0.1, 0.15) is 52.2 Å². The number of aromatic amines is 1. The lowest BCUT2D eigenvalue weighted by Gasteiger charge is -2.07. The topological polar surface area (TPSA) is 146 Å². The van der Waals surface area contributed by atoms with Gasteiger partial charge in [-0.25, -0.2) is 23.7 Å². The van der Waals surface area contributed by atoms with Crippen molar-refractivity contribution in [3.8, 4) is 73.4 Å².